The van der Waals surface area contributed by atoms with Gasteiger partial charge in [-0.25, -0.2) is 0 Å². The van der Waals surface area contributed by atoms with E-state index in [0.29, 0.717) is 5.56 Å². The standard InChI is InChI=1S/C23H27NO2/c1-3-22(23(26)20-8-10-21(25)11-9-20)24-14-12-19(13-15-24)16-18-6-4-17(2)5-7-18/h4-12,22,25H,3,13-16H2,1-2H3. The Labute approximate surface area is 156 Å². The molecule has 0 bridgehead atoms. The van der Waals surface area contributed by atoms with Crippen molar-refractivity contribution in [2.75, 3.05) is 13.1 Å². The zero-order valence-corrected chi connectivity index (χ0v) is 15.6. The minimum atomic E-state index is -0.100. The molecule has 1 atom stereocenters. The third kappa shape index (κ3) is 4.41. The quantitative estimate of drug-likeness (QED) is 0.615. The summed E-state index contributed by atoms with van der Waals surface area (Å²) >= 11 is 0. The summed E-state index contributed by atoms with van der Waals surface area (Å²) in [5, 5.41) is 9.42. The van der Waals surface area contributed by atoms with Crippen LogP contribution >= 0.6 is 0 Å². The molecule has 0 fully saturated rings. The summed E-state index contributed by atoms with van der Waals surface area (Å²) in [6.07, 6.45) is 5.08. The number of phenolic OH excluding ortho intramolecular Hbond substituents is 1. The van der Waals surface area contributed by atoms with E-state index in [1.54, 1.807) is 24.3 Å². The van der Waals surface area contributed by atoms with Crippen molar-refractivity contribution in [3.05, 3.63) is 76.9 Å². The molecule has 0 aliphatic carbocycles. The highest BCUT2D eigenvalue weighted by Gasteiger charge is 2.26. The van der Waals surface area contributed by atoms with Gasteiger partial charge in [0.1, 0.15) is 5.75 Å². The van der Waals surface area contributed by atoms with Crippen molar-refractivity contribution in [1.82, 2.24) is 4.90 Å². The van der Waals surface area contributed by atoms with Crippen LogP contribution in [0.3, 0.4) is 0 Å². The molecule has 136 valence electrons. The molecule has 0 aromatic heterocycles. The fraction of sp³-hybridized carbons (Fsp3) is 0.348. The number of rotatable bonds is 6. The number of aromatic hydroxyl groups is 1. The summed E-state index contributed by atoms with van der Waals surface area (Å²) in [4.78, 5) is 15.1. The molecule has 0 spiro atoms. The van der Waals surface area contributed by atoms with Crippen LogP contribution in [0, 0.1) is 6.92 Å². The lowest BCUT2D eigenvalue weighted by atomic mass is 9.95. The normalized spacial score (nSPS) is 16.2. The van der Waals surface area contributed by atoms with Crippen molar-refractivity contribution in [2.24, 2.45) is 0 Å². The first-order valence-electron chi connectivity index (χ1n) is 9.37. The molecule has 0 saturated heterocycles. The maximum absolute atomic E-state index is 12.8. The molecule has 3 rings (SSSR count). The maximum Gasteiger partial charge on any atom is 0.179 e. The number of carbonyl (C=O) groups is 1. The largest absolute Gasteiger partial charge is 0.508 e. The van der Waals surface area contributed by atoms with Gasteiger partial charge >= 0.3 is 0 Å². The van der Waals surface area contributed by atoms with Crippen LogP contribution in [0.5, 0.6) is 5.75 Å². The van der Waals surface area contributed by atoms with Crippen LogP contribution in [0.4, 0.5) is 0 Å². The number of carbonyl (C=O) groups excluding carboxylic acids is 1. The molecular formula is C23H27NO2. The summed E-state index contributed by atoms with van der Waals surface area (Å²) in [5.74, 6) is 0.333. The second-order valence-electron chi connectivity index (χ2n) is 7.10. The van der Waals surface area contributed by atoms with Gasteiger partial charge in [0.15, 0.2) is 5.78 Å². The lowest BCUT2D eigenvalue weighted by Gasteiger charge is -2.32. The molecule has 0 amide bonds. The molecule has 0 saturated carbocycles. The second-order valence-corrected chi connectivity index (χ2v) is 7.10. The number of aryl methyl sites for hydroxylation is 1. The first-order chi connectivity index (χ1) is 12.6. The van der Waals surface area contributed by atoms with Gasteiger partial charge in [-0.3, -0.25) is 9.69 Å². The van der Waals surface area contributed by atoms with Crippen LogP contribution < -0.4 is 0 Å². The van der Waals surface area contributed by atoms with Crippen molar-refractivity contribution in [3.8, 4) is 5.75 Å². The summed E-state index contributed by atoms with van der Waals surface area (Å²) in [6.45, 7) is 5.91. The fourth-order valence-electron chi connectivity index (χ4n) is 3.57. The van der Waals surface area contributed by atoms with E-state index in [9.17, 15) is 9.90 Å². The van der Waals surface area contributed by atoms with Gasteiger partial charge in [-0.2, -0.15) is 0 Å². The van der Waals surface area contributed by atoms with E-state index in [1.807, 2.05) is 0 Å². The van der Waals surface area contributed by atoms with E-state index in [-0.39, 0.29) is 17.6 Å². The van der Waals surface area contributed by atoms with E-state index in [2.05, 4.69) is 49.1 Å². The van der Waals surface area contributed by atoms with Crippen LogP contribution in [0.15, 0.2) is 60.2 Å². The van der Waals surface area contributed by atoms with Gasteiger partial charge in [0.25, 0.3) is 0 Å². The van der Waals surface area contributed by atoms with Gasteiger partial charge in [0, 0.05) is 18.7 Å². The van der Waals surface area contributed by atoms with Crippen molar-refractivity contribution in [3.63, 3.8) is 0 Å². The minimum Gasteiger partial charge on any atom is -0.508 e. The van der Waals surface area contributed by atoms with Crippen molar-refractivity contribution >= 4 is 5.78 Å². The predicted molar refractivity (Wildman–Crippen MR) is 106 cm³/mol. The summed E-state index contributed by atoms with van der Waals surface area (Å²) in [5.41, 5.74) is 4.76. The highest BCUT2D eigenvalue weighted by molar-refractivity contribution is 6.00. The molecule has 3 nitrogen and oxygen atoms in total. The summed E-state index contributed by atoms with van der Waals surface area (Å²) in [7, 11) is 0. The predicted octanol–water partition coefficient (Wildman–Crippen LogP) is 4.54. The van der Waals surface area contributed by atoms with E-state index in [1.165, 1.54) is 16.7 Å². The number of benzene rings is 2. The average molecular weight is 349 g/mol. The van der Waals surface area contributed by atoms with Crippen molar-refractivity contribution in [2.45, 2.75) is 39.2 Å². The Morgan fingerprint density at radius 3 is 2.38 bits per heavy atom. The smallest absolute Gasteiger partial charge is 0.179 e. The minimum absolute atomic E-state index is 0.100. The lowest BCUT2D eigenvalue weighted by molar-refractivity contribution is 0.0822. The number of nitrogens with zero attached hydrogens (tertiary/aromatic N) is 1. The maximum atomic E-state index is 12.8. The third-order valence-corrected chi connectivity index (χ3v) is 5.17. The van der Waals surface area contributed by atoms with Crippen LogP contribution in [0.1, 0.15) is 41.3 Å². The van der Waals surface area contributed by atoms with Gasteiger partial charge in [0.2, 0.25) is 0 Å². The lowest BCUT2D eigenvalue weighted by Crippen LogP contribution is -2.43. The summed E-state index contributed by atoms with van der Waals surface area (Å²) < 4.78 is 0. The van der Waals surface area contributed by atoms with Gasteiger partial charge in [-0.1, -0.05) is 48.4 Å². The van der Waals surface area contributed by atoms with Crippen molar-refractivity contribution < 1.29 is 9.90 Å². The Bertz CT molecular complexity index is 775. The molecule has 0 radical (unpaired) electrons. The molecule has 1 N–H and O–H groups in total. The number of Topliss-reactive ketones (excluding diaryl/α,β-unsaturated/α-hetero) is 1. The van der Waals surface area contributed by atoms with Crippen LogP contribution in [0.25, 0.3) is 0 Å². The van der Waals surface area contributed by atoms with Gasteiger partial charge < -0.3 is 5.11 Å². The topological polar surface area (TPSA) is 40.5 Å². The van der Waals surface area contributed by atoms with Crippen LogP contribution in [-0.2, 0) is 6.42 Å². The van der Waals surface area contributed by atoms with E-state index in [4.69, 9.17) is 0 Å². The molecule has 2 aromatic carbocycles. The molecule has 1 heterocycles. The Hall–Kier alpha value is -2.39. The number of hydrogen-bond donors (Lipinski definition) is 1. The van der Waals surface area contributed by atoms with Crippen molar-refractivity contribution in [1.29, 1.82) is 0 Å². The van der Waals surface area contributed by atoms with E-state index < -0.39 is 0 Å². The Kier molecular flexibility index (Phi) is 5.89. The first kappa shape index (κ1) is 18.4. The summed E-state index contributed by atoms with van der Waals surface area (Å²) in [6, 6.07) is 15.2. The molecule has 1 aliphatic rings. The monoisotopic (exact) mass is 349 g/mol. The Morgan fingerprint density at radius 2 is 1.81 bits per heavy atom. The van der Waals surface area contributed by atoms with Gasteiger partial charge in [-0.15, -0.1) is 0 Å². The van der Waals surface area contributed by atoms with Gasteiger partial charge in [-0.05, 0) is 56.0 Å². The Balaban J connectivity index is 1.64. The average Bonchev–Trinajstić information content (AvgIpc) is 2.66. The highest BCUT2D eigenvalue weighted by atomic mass is 16.3. The first-order valence-corrected chi connectivity index (χ1v) is 9.37. The molecule has 1 aliphatic heterocycles. The molecule has 1 unspecified atom stereocenters. The zero-order valence-electron chi connectivity index (χ0n) is 15.6. The number of ketones is 1. The van der Waals surface area contributed by atoms with Crippen LogP contribution in [-0.4, -0.2) is 34.9 Å². The second kappa shape index (κ2) is 8.33. The molecular weight excluding hydrogens is 322 g/mol. The molecule has 2 aromatic rings. The highest BCUT2D eigenvalue weighted by Crippen LogP contribution is 2.22. The van der Waals surface area contributed by atoms with Gasteiger partial charge in [0.05, 0.1) is 6.04 Å². The van der Waals surface area contributed by atoms with E-state index in [0.717, 1.165) is 32.4 Å². The third-order valence-electron chi connectivity index (χ3n) is 5.17. The number of hydrogen-bond acceptors (Lipinski definition) is 3. The Morgan fingerprint density at radius 1 is 1.12 bits per heavy atom. The fourth-order valence-corrected chi connectivity index (χ4v) is 3.57. The number of phenols is 1. The SMILES string of the molecule is CCC(C(=O)c1ccc(O)cc1)N1CC=C(Cc2ccc(C)cc2)CC1. The molecule has 3 heteroatoms. The van der Waals surface area contributed by atoms with Crippen LogP contribution in [0.2, 0.25) is 0 Å². The van der Waals surface area contributed by atoms with E-state index >= 15 is 0 Å². The molecule has 26 heavy (non-hydrogen) atoms. The zero-order chi connectivity index (χ0) is 18.5.